The molecule has 2 aromatic rings. The molecule has 2 N–H and O–H groups in total. The van der Waals surface area contributed by atoms with Gasteiger partial charge in [0.15, 0.2) is 0 Å². The molecule has 0 bridgehead atoms. The molecule has 1 heterocycles. The highest BCUT2D eigenvalue weighted by Gasteiger charge is 2.17. The van der Waals surface area contributed by atoms with Crippen molar-refractivity contribution in [2.45, 2.75) is 25.5 Å². The lowest BCUT2D eigenvalue weighted by molar-refractivity contribution is 0.0950. The highest BCUT2D eigenvalue weighted by Crippen LogP contribution is 2.21. The molecule has 132 valence electrons. The topological polar surface area (TPSA) is 52.6 Å². The molecule has 0 saturated carbocycles. The van der Waals surface area contributed by atoms with E-state index in [0.717, 1.165) is 36.1 Å². The molecule has 0 atom stereocenters. The molecule has 4 nitrogen and oxygen atoms in total. The van der Waals surface area contributed by atoms with E-state index in [1.54, 1.807) is 24.3 Å². The van der Waals surface area contributed by atoms with Crippen LogP contribution in [-0.2, 0) is 6.54 Å². The van der Waals surface area contributed by atoms with E-state index in [-0.39, 0.29) is 24.4 Å². The van der Waals surface area contributed by atoms with Crippen LogP contribution in [0.4, 0.5) is 10.1 Å². The summed E-state index contributed by atoms with van der Waals surface area (Å²) in [4.78, 5) is 14.5. The van der Waals surface area contributed by atoms with Gasteiger partial charge in [-0.3, -0.25) is 4.79 Å². The van der Waals surface area contributed by atoms with Crippen LogP contribution in [0.5, 0.6) is 0 Å². The third-order valence-corrected chi connectivity index (χ3v) is 4.90. The van der Waals surface area contributed by atoms with E-state index in [0.29, 0.717) is 11.1 Å². The van der Waals surface area contributed by atoms with Crippen LogP contribution in [0.25, 0.3) is 0 Å². The molecule has 1 saturated heterocycles. The molecule has 1 aliphatic heterocycles. The fourth-order valence-corrected chi connectivity index (χ4v) is 3.31. The van der Waals surface area contributed by atoms with Crippen LogP contribution in [0.15, 0.2) is 46.9 Å². The van der Waals surface area contributed by atoms with Crippen molar-refractivity contribution in [3.8, 4) is 0 Å². The first kappa shape index (κ1) is 17.9. The first-order valence-electron chi connectivity index (χ1n) is 8.28. The highest BCUT2D eigenvalue weighted by atomic mass is 79.9. The number of rotatable bonds is 4. The molecule has 0 aromatic heterocycles. The molecular formula is C19H20BrFN2O2. The van der Waals surface area contributed by atoms with Crippen LogP contribution in [0.1, 0.15) is 28.8 Å². The summed E-state index contributed by atoms with van der Waals surface area (Å²) in [6.07, 6.45) is 1.32. The molecule has 1 fully saturated rings. The van der Waals surface area contributed by atoms with Crippen LogP contribution in [0.2, 0.25) is 0 Å². The Morgan fingerprint density at radius 1 is 1.20 bits per heavy atom. The number of hydrogen-bond donors (Lipinski definition) is 2. The van der Waals surface area contributed by atoms with E-state index in [4.69, 9.17) is 0 Å². The standard InChI is InChI=1S/C19H20BrFN2O2/c20-15-3-6-18(21)14(11-15)12-22-19(25)13-1-4-16(5-2-13)23-9-7-17(24)8-10-23/h1-6,11,17,24H,7-10,12H2,(H,22,25). The molecular weight excluding hydrogens is 387 g/mol. The fourth-order valence-electron chi connectivity index (χ4n) is 2.90. The monoisotopic (exact) mass is 406 g/mol. The second-order valence-corrected chi connectivity index (χ2v) is 7.10. The number of nitrogens with one attached hydrogen (secondary N) is 1. The Balaban J connectivity index is 1.60. The maximum Gasteiger partial charge on any atom is 0.251 e. The Hall–Kier alpha value is -1.92. The minimum atomic E-state index is -0.342. The fraction of sp³-hybridized carbons (Fsp3) is 0.316. The van der Waals surface area contributed by atoms with Crippen LogP contribution in [0.3, 0.4) is 0 Å². The summed E-state index contributed by atoms with van der Waals surface area (Å²) >= 11 is 3.30. The molecule has 2 aromatic carbocycles. The smallest absolute Gasteiger partial charge is 0.251 e. The van der Waals surface area contributed by atoms with Crippen LogP contribution in [-0.4, -0.2) is 30.2 Å². The Kier molecular flexibility index (Phi) is 5.71. The van der Waals surface area contributed by atoms with E-state index < -0.39 is 0 Å². The molecule has 3 rings (SSSR count). The maximum absolute atomic E-state index is 13.7. The summed E-state index contributed by atoms with van der Waals surface area (Å²) < 4.78 is 14.5. The predicted octanol–water partition coefficient (Wildman–Crippen LogP) is 3.48. The minimum Gasteiger partial charge on any atom is -0.393 e. The normalized spacial score (nSPS) is 15.2. The van der Waals surface area contributed by atoms with Gasteiger partial charge >= 0.3 is 0 Å². The van der Waals surface area contributed by atoms with E-state index in [1.807, 2.05) is 12.1 Å². The number of aliphatic hydroxyl groups is 1. The quantitative estimate of drug-likeness (QED) is 0.816. The van der Waals surface area contributed by atoms with Crippen LogP contribution >= 0.6 is 15.9 Å². The van der Waals surface area contributed by atoms with Gasteiger partial charge in [-0.15, -0.1) is 0 Å². The van der Waals surface area contributed by atoms with Crippen molar-refractivity contribution in [2.75, 3.05) is 18.0 Å². The highest BCUT2D eigenvalue weighted by molar-refractivity contribution is 9.10. The number of carbonyl (C=O) groups excluding carboxylic acids is 1. The molecule has 25 heavy (non-hydrogen) atoms. The van der Waals surface area contributed by atoms with Gasteiger partial charge in [0.25, 0.3) is 5.91 Å². The van der Waals surface area contributed by atoms with E-state index in [1.165, 1.54) is 6.07 Å². The van der Waals surface area contributed by atoms with Gasteiger partial charge < -0.3 is 15.3 Å². The zero-order chi connectivity index (χ0) is 17.8. The third kappa shape index (κ3) is 4.58. The Bertz CT molecular complexity index is 744. The molecule has 0 unspecified atom stereocenters. The third-order valence-electron chi connectivity index (χ3n) is 4.41. The summed E-state index contributed by atoms with van der Waals surface area (Å²) in [5, 5.41) is 12.3. The van der Waals surface area contributed by atoms with Gasteiger partial charge in [-0.2, -0.15) is 0 Å². The number of aliphatic hydroxyl groups excluding tert-OH is 1. The van der Waals surface area contributed by atoms with Gasteiger partial charge in [0.2, 0.25) is 0 Å². The van der Waals surface area contributed by atoms with Crippen LogP contribution in [0, 0.1) is 5.82 Å². The second-order valence-electron chi connectivity index (χ2n) is 6.18. The van der Waals surface area contributed by atoms with Gasteiger partial charge in [-0.1, -0.05) is 15.9 Å². The largest absolute Gasteiger partial charge is 0.393 e. The number of anilines is 1. The number of nitrogens with zero attached hydrogens (tertiary/aromatic N) is 1. The molecule has 0 spiro atoms. The average molecular weight is 407 g/mol. The lowest BCUT2D eigenvalue weighted by Crippen LogP contribution is -2.35. The van der Waals surface area contributed by atoms with Gasteiger partial charge in [0.1, 0.15) is 5.82 Å². The second kappa shape index (κ2) is 7.97. The first-order chi connectivity index (χ1) is 12.0. The number of halogens is 2. The zero-order valence-electron chi connectivity index (χ0n) is 13.7. The minimum absolute atomic E-state index is 0.135. The molecule has 1 aliphatic rings. The number of piperidine rings is 1. The summed E-state index contributed by atoms with van der Waals surface area (Å²) in [7, 11) is 0. The Labute approximate surface area is 154 Å². The first-order valence-corrected chi connectivity index (χ1v) is 9.07. The maximum atomic E-state index is 13.7. The number of hydrogen-bond acceptors (Lipinski definition) is 3. The van der Waals surface area contributed by atoms with Crippen molar-refractivity contribution in [3.05, 3.63) is 63.9 Å². The van der Waals surface area contributed by atoms with E-state index >= 15 is 0 Å². The Morgan fingerprint density at radius 2 is 1.88 bits per heavy atom. The van der Waals surface area contributed by atoms with Gasteiger partial charge in [0, 0.05) is 40.9 Å². The van der Waals surface area contributed by atoms with Gasteiger partial charge in [0.05, 0.1) is 6.10 Å². The SMILES string of the molecule is O=C(NCc1cc(Br)ccc1F)c1ccc(N2CCC(O)CC2)cc1. The van der Waals surface area contributed by atoms with Crippen LogP contribution < -0.4 is 10.2 Å². The number of benzene rings is 2. The molecule has 6 heteroatoms. The van der Waals surface area contributed by atoms with Crippen molar-refractivity contribution < 1.29 is 14.3 Å². The zero-order valence-corrected chi connectivity index (χ0v) is 15.3. The predicted molar refractivity (Wildman–Crippen MR) is 99.2 cm³/mol. The lowest BCUT2D eigenvalue weighted by atomic mass is 10.1. The molecule has 0 radical (unpaired) electrons. The summed E-state index contributed by atoms with van der Waals surface area (Å²) in [5.74, 6) is -0.578. The lowest BCUT2D eigenvalue weighted by Gasteiger charge is -2.31. The average Bonchev–Trinajstić information content (AvgIpc) is 2.63. The Morgan fingerprint density at radius 3 is 2.56 bits per heavy atom. The van der Waals surface area contributed by atoms with Crippen molar-refractivity contribution in [3.63, 3.8) is 0 Å². The van der Waals surface area contributed by atoms with Crippen molar-refractivity contribution in [1.29, 1.82) is 0 Å². The molecule has 1 amide bonds. The van der Waals surface area contributed by atoms with E-state index in [9.17, 15) is 14.3 Å². The van der Waals surface area contributed by atoms with Crippen molar-refractivity contribution >= 4 is 27.5 Å². The summed E-state index contributed by atoms with van der Waals surface area (Å²) in [5.41, 5.74) is 2.02. The van der Waals surface area contributed by atoms with Crippen molar-refractivity contribution in [1.82, 2.24) is 5.32 Å². The van der Waals surface area contributed by atoms with Crippen molar-refractivity contribution in [2.24, 2.45) is 0 Å². The summed E-state index contributed by atoms with van der Waals surface area (Å²) in [6, 6.07) is 12.0. The van der Waals surface area contributed by atoms with E-state index in [2.05, 4.69) is 26.1 Å². The number of carbonyl (C=O) groups is 1. The van der Waals surface area contributed by atoms with Gasteiger partial charge in [-0.25, -0.2) is 4.39 Å². The van der Waals surface area contributed by atoms with Gasteiger partial charge in [-0.05, 0) is 55.3 Å². The molecule has 0 aliphatic carbocycles. The number of amides is 1. The summed E-state index contributed by atoms with van der Waals surface area (Å²) in [6.45, 7) is 1.76.